The number of aromatic nitrogens is 1. The van der Waals surface area contributed by atoms with E-state index in [0.717, 1.165) is 19.3 Å². The van der Waals surface area contributed by atoms with Crippen molar-refractivity contribution in [1.82, 2.24) is 10.3 Å². The van der Waals surface area contributed by atoms with Crippen LogP contribution in [0.15, 0.2) is 42.6 Å². The number of rotatable bonds is 8. The summed E-state index contributed by atoms with van der Waals surface area (Å²) in [5, 5.41) is 6.51. The van der Waals surface area contributed by atoms with E-state index in [4.69, 9.17) is 26.8 Å². The van der Waals surface area contributed by atoms with Crippen LogP contribution in [-0.4, -0.2) is 29.6 Å². The predicted molar refractivity (Wildman–Crippen MR) is 123 cm³/mol. The lowest BCUT2D eigenvalue weighted by atomic mass is 10.1. The molecule has 1 aliphatic carbocycles. The number of anilines is 1. The Balaban J connectivity index is 1.59. The smallest absolute Gasteiger partial charge is 0.319 e. The monoisotopic (exact) mass is 454 g/mol. The van der Waals surface area contributed by atoms with Gasteiger partial charge in [-0.2, -0.15) is 0 Å². The van der Waals surface area contributed by atoms with Crippen LogP contribution in [0.2, 0.25) is 5.02 Å². The number of ether oxygens (including phenoxy) is 2. The number of halogens is 1. The average molecular weight is 455 g/mol. The molecule has 4 rings (SSSR count). The maximum absolute atomic E-state index is 12.0. The number of nitrogens with one attached hydrogen (secondary N) is 2. The first kappa shape index (κ1) is 21.7. The minimum absolute atomic E-state index is 0.245. The maximum Gasteiger partial charge on any atom is 0.319 e. The van der Waals surface area contributed by atoms with Gasteiger partial charge in [0.1, 0.15) is 17.2 Å². The van der Waals surface area contributed by atoms with E-state index >= 15 is 0 Å². The van der Waals surface area contributed by atoms with Crippen LogP contribution in [0.25, 0.3) is 10.9 Å². The number of hydrogen-bond acceptors (Lipinski definition) is 5. The Labute approximate surface area is 190 Å². The molecule has 1 aromatic heterocycles. The van der Waals surface area contributed by atoms with Crippen LogP contribution in [0.4, 0.5) is 10.5 Å². The number of nitrogens with two attached hydrogens (primary N) is 1. The molecule has 9 heteroatoms. The number of hydrogen-bond donors (Lipinski definition) is 3. The number of fused-ring (bicyclic) bond motifs is 1. The summed E-state index contributed by atoms with van der Waals surface area (Å²) < 4.78 is 11.7. The molecule has 0 atom stereocenters. The molecule has 1 aliphatic rings. The molecule has 2 aromatic carbocycles. The van der Waals surface area contributed by atoms with Crippen molar-refractivity contribution < 1.29 is 19.1 Å². The molecule has 8 nitrogen and oxygen atoms in total. The van der Waals surface area contributed by atoms with Gasteiger partial charge in [0.05, 0.1) is 28.4 Å². The summed E-state index contributed by atoms with van der Waals surface area (Å²) in [6.45, 7) is 2.43. The van der Waals surface area contributed by atoms with Crippen molar-refractivity contribution in [2.75, 3.05) is 11.9 Å². The number of urea groups is 1. The van der Waals surface area contributed by atoms with E-state index in [2.05, 4.69) is 15.6 Å². The van der Waals surface area contributed by atoms with E-state index in [1.807, 2.05) is 6.92 Å². The summed E-state index contributed by atoms with van der Waals surface area (Å²) in [7, 11) is 0. The lowest BCUT2D eigenvalue weighted by Crippen LogP contribution is -2.30. The second-order valence-corrected chi connectivity index (χ2v) is 7.91. The van der Waals surface area contributed by atoms with Crippen LogP contribution in [0.5, 0.6) is 17.2 Å². The van der Waals surface area contributed by atoms with Crippen LogP contribution in [0, 0.1) is 0 Å². The Kier molecular flexibility index (Phi) is 6.32. The Morgan fingerprint density at radius 1 is 1.19 bits per heavy atom. The van der Waals surface area contributed by atoms with Gasteiger partial charge in [0.25, 0.3) is 5.91 Å². The van der Waals surface area contributed by atoms with E-state index in [9.17, 15) is 9.59 Å². The van der Waals surface area contributed by atoms with Gasteiger partial charge in [-0.15, -0.1) is 0 Å². The molecule has 3 aromatic rings. The largest absolute Gasteiger partial charge is 0.493 e. The number of carbonyl (C=O) groups is 2. The van der Waals surface area contributed by atoms with E-state index in [1.165, 1.54) is 0 Å². The Hall–Kier alpha value is -3.52. The van der Waals surface area contributed by atoms with Crippen LogP contribution in [0.1, 0.15) is 36.5 Å². The van der Waals surface area contributed by atoms with Crippen molar-refractivity contribution in [2.24, 2.45) is 5.73 Å². The normalized spacial score (nSPS) is 12.9. The first-order valence-electron chi connectivity index (χ1n) is 10.3. The molecule has 1 saturated carbocycles. The minimum atomic E-state index is -0.601. The second kappa shape index (κ2) is 9.32. The zero-order valence-electron chi connectivity index (χ0n) is 17.5. The van der Waals surface area contributed by atoms with Gasteiger partial charge >= 0.3 is 6.03 Å². The molecule has 0 bridgehead atoms. The third-order valence-corrected chi connectivity index (χ3v) is 5.17. The quantitative estimate of drug-likeness (QED) is 0.450. The number of amides is 3. The van der Waals surface area contributed by atoms with E-state index in [0.29, 0.717) is 45.5 Å². The van der Waals surface area contributed by atoms with E-state index in [1.54, 1.807) is 42.6 Å². The van der Waals surface area contributed by atoms with Gasteiger partial charge in [-0.05, 0) is 43.5 Å². The van der Waals surface area contributed by atoms with Gasteiger partial charge in [-0.1, -0.05) is 18.5 Å². The van der Waals surface area contributed by atoms with Crippen molar-refractivity contribution in [3.8, 4) is 17.2 Å². The third-order valence-electron chi connectivity index (χ3n) is 4.86. The van der Waals surface area contributed by atoms with Crippen LogP contribution >= 0.6 is 11.6 Å². The number of benzene rings is 2. The van der Waals surface area contributed by atoms with Gasteiger partial charge in [-0.25, -0.2) is 4.79 Å². The van der Waals surface area contributed by atoms with Crippen LogP contribution in [-0.2, 0) is 0 Å². The van der Waals surface area contributed by atoms with Gasteiger partial charge in [0.2, 0.25) is 0 Å². The minimum Gasteiger partial charge on any atom is -0.493 e. The Morgan fingerprint density at radius 2 is 2.00 bits per heavy atom. The standard InChI is InChI=1S/C23H23ClN4O4/c1-2-9-31-21-12-19-15(11-16(21)22(25)29)20(7-8-26-19)32-14-5-6-18(17(24)10-14)28-23(30)27-13-3-4-13/h5-8,10-13H,2-4,9H2,1H3,(H2,25,29)(H2,27,28,30). The third kappa shape index (κ3) is 5.03. The molecule has 0 radical (unpaired) electrons. The molecule has 0 saturated heterocycles. The highest BCUT2D eigenvalue weighted by Crippen LogP contribution is 2.35. The molecule has 1 heterocycles. The van der Waals surface area contributed by atoms with Gasteiger partial charge in [0, 0.05) is 29.8 Å². The fraction of sp³-hybridized carbons (Fsp3) is 0.261. The summed E-state index contributed by atoms with van der Waals surface area (Å²) in [4.78, 5) is 28.3. The van der Waals surface area contributed by atoms with Gasteiger partial charge in [0.15, 0.2) is 0 Å². The van der Waals surface area contributed by atoms with Crippen molar-refractivity contribution in [3.63, 3.8) is 0 Å². The highest BCUT2D eigenvalue weighted by atomic mass is 35.5. The molecule has 1 fully saturated rings. The zero-order chi connectivity index (χ0) is 22.7. The Morgan fingerprint density at radius 3 is 2.69 bits per heavy atom. The van der Waals surface area contributed by atoms with Crippen molar-refractivity contribution in [3.05, 3.63) is 53.2 Å². The SMILES string of the molecule is CCCOc1cc2nccc(Oc3ccc(NC(=O)NC4CC4)c(Cl)c3)c2cc1C(N)=O. The molecule has 32 heavy (non-hydrogen) atoms. The number of nitrogens with zero attached hydrogens (tertiary/aromatic N) is 1. The summed E-state index contributed by atoms with van der Waals surface area (Å²) in [5.74, 6) is 0.723. The average Bonchev–Trinajstić information content (AvgIpc) is 3.57. The first-order chi connectivity index (χ1) is 15.4. The molecule has 0 spiro atoms. The summed E-state index contributed by atoms with van der Waals surface area (Å²) in [6.07, 6.45) is 4.39. The molecule has 3 amide bonds. The maximum atomic E-state index is 12.0. The summed E-state index contributed by atoms with van der Waals surface area (Å²) in [5.41, 5.74) is 6.88. The Bertz CT molecular complexity index is 1180. The molecular weight excluding hydrogens is 432 g/mol. The molecule has 166 valence electrons. The first-order valence-corrected chi connectivity index (χ1v) is 10.7. The van der Waals surface area contributed by atoms with Crippen molar-refractivity contribution in [2.45, 2.75) is 32.2 Å². The van der Waals surface area contributed by atoms with Gasteiger partial charge in [-0.3, -0.25) is 9.78 Å². The van der Waals surface area contributed by atoms with Crippen LogP contribution in [0.3, 0.4) is 0 Å². The van der Waals surface area contributed by atoms with Crippen molar-refractivity contribution >= 4 is 40.1 Å². The number of primary amides is 1. The predicted octanol–water partition coefficient (Wildman–Crippen LogP) is 4.85. The van der Waals surface area contributed by atoms with Gasteiger partial charge < -0.3 is 25.8 Å². The topological polar surface area (TPSA) is 116 Å². The fourth-order valence-electron chi connectivity index (χ4n) is 3.12. The zero-order valence-corrected chi connectivity index (χ0v) is 18.2. The molecule has 0 unspecified atom stereocenters. The highest BCUT2D eigenvalue weighted by Gasteiger charge is 2.23. The molecule has 4 N–H and O–H groups in total. The van der Waals surface area contributed by atoms with Crippen molar-refractivity contribution in [1.29, 1.82) is 0 Å². The number of carbonyl (C=O) groups excluding carboxylic acids is 2. The molecular formula is C23H23ClN4O4. The summed E-state index contributed by atoms with van der Waals surface area (Å²) >= 11 is 6.33. The molecule has 0 aliphatic heterocycles. The lowest BCUT2D eigenvalue weighted by Gasteiger charge is -2.14. The summed E-state index contributed by atoms with van der Waals surface area (Å²) in [6, 6.07) is 9.90. The van der Waals surface area contributed by atoms with E-state index < -0.39 is 5.91 Å². The van der Waals surface area contributed by atoms with E-state index in [-0.39, 0.29) is 17.6 Å². The lowest BCUT2D eigenvalue weighted by molar-refractivity contribution is 0.0996. The second-order valence-electron chi connectivity index (χ2n) is 7.50. The fourth-order valence-corrected chi connectivity index (χ4v) is 3.34. The van der Waals surface area contributed by atoms with Crippen LogP contribution < -0.4 is 25.8 Å². The highest BCUT2D eigenvalue weighted by molar-refractivity contribution is 6.33. The number of pyridine rings is 1.